The second-order valence-electron chi connectivity index (χ2n) is 4.56. The van der Waals surface area contributed by atoms with Crippen LogP contribution in [-0.4, -0.2) is 52.6 Å². The van der Waals surface area contributed by atoms with Crippen LogP contribution < -0.4 is 5.32 Å². The molecule has 1 aromatic rings. The molecule has 2 amide bonds. The first-order valence-corrected chi connectivity index (χ1v) is 6.00. The van der Waals surface area contributed by atoms with Gasteiger partial charge >= 0.3 is 5.97 Å². The molecule has 1 unspecified atom stereocenters. The molecule has 0 radical (unpaired) electrons. The Balaban J connectivity index is 2.08. The zero-order valence-electron chi connectivity index (χ0n) is 10.8. The van der Waals surface area contributed by atoms with E-state index in [9.17, 15) is 19.5 Å². The van der Waals surface area contributed by atoms with Crippen molar-refractivity contribution in [1.82, 2.24) is 4.90 Å². The zero-order chi connectivity index (χ0) is 14.9. The molecule has 0 aliphatic carbocycles. The number of carbonyl (C=O) groups is 3. The SMILES string of the molecule is CN1C(=O)c2ccc(NCC(O)CC(=O)O)cc2C1=O. The predicted molar refractivity (Wildman–Crippen MR) is 69.6 cm³/mol. The van der Waals surface area contributed by atoms with Crippen molar-refractivity contribution in [2.75, 3.05) is 18.9 Å². The minimum Gasteiger partial charge on any atom is -0.481 e. The molecule has 1 atom stereocenters. The highest BCUT2D eigenvalue weighted by molar-refractivity contribution is 6.21. The molecule has 7 heteroatoms. The van der Waals surface area contributed by atoms with E-state index >= 15 is 0 Å². The zero-order valence-corrected chi connectivity index (χ0v) is 10.8. The second-order valence-corrected chi connectivity index (χ2v) is 4.56. The van der Waals surface area contributed by atoms with Gasteiger partial charge < -0.3 is 15.5 Å². The number of carboxylic acids is 1. The summed E-state index contributed by atoms with van der Waals surface area (Å²) in [6.07, 6.45) is -1.39. The molecule has 1 aromatic carbocycles. The number of hydrogen-bond acceptors (Lipinski definition) is 5. The predicted octanol–water partition coefficient (Wildman–Crippen LogP) is 0.160. The van der Waals surface area contributed by atoms with E-state index in [1.807, 2.05) is 0 Å². The number of imide groups is 1. The van der Waals surface area contributed by atoms with Crippen molar-refractivity contribution >= 4 is 23.5 Å². The average molecular weight is 278 g/mol. The van der Waals surface area contributed by atoms with Crippen LogP contribution in [0.15, 0.2) is 18.2 Å². The Bertz CT molecular complexity index is 584. The number of aliphatic hydroxyl groups excluding tert-OH is 1. The van der Waals surface area contributed by atoms with E-state index in [0.717, 1.165) is 4.90 Å². The maximum atomic E-state index is 11.8. The molecule has 0 saturated heterocycles. The summed E-state index contributed by atoms with van der Waals surface area (Å²) in [6.45, 7) is 0.0447. The quantitative estimate of drug-likeness (QED) is 0.662. The number of carboxylic acid groups (broad SMARTS) is 1. The molecule has 1 heterocycles. The summed E-state index contributed by atoms with van der Waals surface area (Å²) in [6, 6.07) is 4.66. The van der Waals surface area contributed by atoms with Crippen LogP contribution in [0.3, 0.4) is 0 Å². The second kappa shape index (κ2) is 5.30. The summed E-state index contributed by atoms with van der Waals surface area (Å²) in [5.74, 6) is -1.81. The smallest absolute Gasteiger partial charge is 0.306 e. The van der Waals surface area contributed by atoms with Crippen molar-refractivity contribution in [2.24, 2.45) is 0 Å². The van der Waals surface area contributed by atoms with Gasteiger partial charge in [0.2, 0.25) is 0 Å². The van der Waals surface area contributed by atoms with E-state index in [1.54, 1.807) is 6.07 Å². The molecule has 7 nitrogen and oxygen atoms in total. The summed E-state index contributed by atoms with van der Waals surface area (Å²) < 4.78 is 0. The van der Waals surface area contributed by atoms with Crippen molar-refractivity contribution in [3.8, 4) is 0 Å². The van der Waals surface area contributed by atoms with Gasteiger partial charge in [0.25, 0.3) is 11.8 Å². The van der Waals surface area contributed by atoms with Gasteiger partial charge in [-0.3, -0.25) is 19.3 Å². The Morgan fingerprint density at radius 1 is 1.30 bits per heavy atom. The third-order valence-electron chi connectivity index (χ3n) is 3.04. The van der Waals surface area contributed by atoms with E-state index < -0.39 is 12.1 Å². The molecule has 0 bridgehead atoms. The first-order valence-electron chi connectivity index (χ1n) is 6.00. The Labute approximate surface area is 114 Å². The number of nitrogens with one attached hydrogen (secondary N) is 1. The molecule has 1 aliphatic heterocycles. The molecular formula is C13H14N2O5. The lowest BCUT2D eigenvalue weighted by molar-refractivity contribution is -0.138. The number of carbonyl (C=O) groups excluding carboxylic acids is 2. The monoisotopic (exact) mass is 278 g/mol. The summed E-state index contributed by atoms with van der Waals surface area (Å²) >= 11 is 0. The van der Waals surface area contributed by atoms with Gasteiger partial charge in [-0.25, -0.2) is 0 Å². The van der Waals surface area contributed by atoms with E-state index in [1.165, 1.54) is 19.2 Å². The van der Waals surface area contributed by atoms with Crippen molar-refractivity contribution in [1.29, 1.82) is 0 Å². The number of fused-ring (bicyclic) bond motifs is 1. The number of nitrogens with zero attached hydrogens (tertiary/aromatic N) is 1. The number of aliphatic hydroxyl groups is 1. The fourth-order valence-corrected chi connectivity index (χ4v) is 1.98. The molecule has 20 heavy (non-hydrogen) atoms. The van der Waals surface area contributed by atoms with Crippen molar-refractivity contribution < 1.29 is 24.6 Å². The lowest BCUT2D eigenvalue weighted by Gasteiger charge is -2.11. The summed E-state index contributed by atoms with van der Waals surface area (Å²) in [7, 11) is 1.41. The third-order valence-corrected chi connectivity index (χ3v) is 3.04. The van der Waals surface area contributed by atoms with E-state index in [-0.39, 0.29) is 24.8 Å². The van der Waals surface area contributed by atoms with E-state index in [4.69, 9.17) is 5.11 Å². The van der Waals surface area contributed by atoms with Crippen molar-refractivity contribution in [3.63, 3.8) is 0 Å². The van der Waals surface area contributed by atoms with Crippen LogP contribution in [0.2, 0.25) is 0 Å². The Morgan fingerprint density at radius 2 is 1.95 bits per heavy atom. The third kappa shape index (κ3) is 2.62. The number of hydrogen-bond donors (Lipinski definition) is 3. The standard InChI is InChI=1S/C13H14N2O5/c1-15-12(19)9-3-2-7(4-10(9)13(15)20)14-6-8(16)5-11(17)18/h2-4,8,14,16H,5-6H2,1H3,(H,17,18). The molecule has 0 spiro atoms. The lowest BCUT2D eigenvalue weighted by Crippen LogP contribution is -2.24. The van der Waals surface area contributed by atoms with Gasteiger partial charge in [0.1, 0.15) is 0 Å². The molecular weight excluding hydrogens is 264 g/mol. The molecule has 0 fully saturated rings. The van der Waals surface area contributed by atoms with Gasteiger partial charge in [-0.2, -0.15) is 0 Å². The van der Waals surface area contributed by atoms with Crippen LogP contribution in [0, 0.1) is 0 Å². The molecule has 0 saturated carbocycles. The highest BCUT2D eigenvalue weighted by Gasteiger charge is 2.32. The Morgan fingerprint density at radius 3 is 2.60 bits per heavy atom. The van der Waals surface area contributed by atoms with Gasteiger partial charge in [-0.15, -0.1) is 0 Å². The van der Waals surface area contributed by atoms with E-state index in [0.29, 0.717) is 16.8 Å². The first kappa shape index (κ1) is 14.0. The molecule has 106 valence electrons. The first-order chi connectivity index (χ1) is 9.40. The molecule has 0 aromatic heterocycles. The summed E-state index contributed by atoms with van der Waals surface area (Å²) in [4.78, 5) is 34.9. The molecule has 2 rings (SSSR count). The topological polar surface area (TPSA) is 107 Å². The van der Waals surface area contributed by atoms with Crippen molar-refractivity contribution in [2.45, 2.75) is 12.5 Å². The minimum atomic E-state index is -1.09. The summed E-state index contributed by atoms with van der Waals surface area (Å²) in [5, 5.41) is 20.8. The van der Waals surface area contributed by atoms with Gasteiger partial charge in [0.05, 0.1) is 23.7 Å². The van der Waals surface area contributed by atoms with Crippen LogP contribution in [0.5, 0.6) is 0 Å². The largest absolute Gasteiger partial charge is 0.481 e. The van der Waals surface area contributed by atoms with Gasteiger partial charge in [-0.1, -0.05) is 0 Å². The Hall–Kier alpha value is -2.41. The number of anilines is 1. The van der Waals surface area contributed by atoms with Crippen LogP contribution in [0.25, 0.3) is 0 Å². The highest BCUT2D eigenvalue weighted by atomic mass is 16.4. The maximum Gasteiger partial charge on any atom is 0.306 e. The summed E-state index contributed by atoms with van der Waals surface area (Å²) in [5.41, 5.74) is 1.19. The van der Waals surface area contributed by atoms with Gasteiger partial charge in [0, 0.05) is 19.3 Å². The van der Waals surface area contributed by atoms with Crippen LogP contribution in [0.4, 0.5) is 5.69 Å². The number of rotatable bonds is 5. The molecule has 1 aliphatic rings. The van der Waals surface area contributed by atoms with Crippen molar-refractivity contribution in [3.05, 3.63) is 29.3 Å². The maximum absolute atomic E-state index is 11.8. The Kier molecular flexibility index (Phi) is 3.71. The van der Waals surface area contributed by atoms with Crippen LogP contribution >= 0.6 is 0 Å². The number of amides is 2. The number of aliphatic carboxylic acids is 1. The minimum absolute atomic E-state index is 0.0447. The normalized spacial score (nSPS) is 15.2. The highest BCUT2D eigenvalue weighted by Crippen LogP contribution is 2.24. The molecule has 3 N–H and O–H groups in total. The lowest BCUT2D eigenvalue weighted by atomic mass is 10.1. The fraction of sp³-hybridized carbons (Fsp3) is 0.308. The van der Waals surface area contributed by atoms with Crippen LogP contribution in [-0.2, 0) is 4.79 Å². The van der Waals surface area contributed by atoms with Crippen LogP contribution in [0.1, 0.15) is 27.1 Å². The average Bonchev–Trinajstić information content (AvgIpc) is 2.61. The number of benzene rings is 1. The van der Waals surface area contributed by atoms with Gasteiger partial charge in [-0.05, 0) is 18.2 Å². The van der Waals surface area contributed by atoms with E-state index in [2.05, 4.69) is 5.32 Å². The fourth-order valence-electron chi connectivity index (χ4n) is 1.98. The van der Waals surface area contributed by atoms with Gasteiger partial charge in [0.15, 0.2) is 0 Å².